The van der Waals surface area contributed by atoms with Crippen molar-refractivity contribution in [2.24, 2.45) is 11.1 Å². The molecule has 1 aromatic rings. The Morgan fingerprint density at radius 2 is 2.24 bits per heavy atom. The van der Waals surface area contributed by atoms with E-state index in [1.54, 1.807) is 6.07 Å². The van der Waals surface area contributed by atoms with Crippen LogP contribution in [0.3, 0.4) is 0 Å². The average molecular weight is 274 g/mol. The first kappa shape index (κ1) is 12.5. The van der Waals surface area contributed by atoms with Gasteiger partial charge >= 0.3 is 0 Å². The Morgan fingerprint density at radius 3 is 2.71 bits per heavy atom. The van der Waals surface area contributed by atoms with Crippen LogP contribution in [0.4, 0.5) is 0 Å². The standard InChI is InChI=1S/C10H14N2O3S2/c1-6-4-8(6)12-9(13)5-7-2-3-10(16-7)17(11,14)15/h2-3,6,8H,4-5H2,1H3,(H,12,13)(H2,11,14,15). The zero-order valence-corrected chi connectivity index (χ0v) is 11.0. The Balaban J connectivity index is 1.95. The van der Waals surface area contributed by atoms with Crippen LogP contribution in [-0.4, -0.2) is 20.4 Å². The zero-order chi connectivity index (χ0) is 12.6. The smallest absolute Gasteiger partial charge is 0.247 e. The highest BCUT2D eigenvalue weighted by Gasteiger charge is 2.33. The minimum Gasteiger partial charge on any atom is -0.353 e. The van der Waals surface area contributed by atoms with E-state index in [1.165, 1.54) is 6.07 Å². The second-order valence-electron chi connectivity index (χ2n) is 4.33. The predicted molar refractivity (Wildman–Crippen MR) is 65.1 cm³/mol. The van der Waals surface area contributed by atoms with Crippen LogP contribution in [0.25, 0.3) is 0 Å². The summed E-state index contributed by atoms with van der Waals surface area (Å²) in [5.41, 5.74) is 0. The number of carbonyl (C=O) groups excluding carboxylic acids is 1. The molecule has 1 aliphatic carbocycles. The molecule has 94 valence electrons. The van der Waals surface area contributed by atoms with Gasteiger partial charge in [0.25, 0.3) is 0 Å². The molecule has 1 heterocycles. The maximum atomic E-state index is 11.6. The lowest BCUT2D eigenvalue weighted by Crippen LogP contribution is -2.27. The molecule has 1 saturated carbocycles. The van der Waals surface area contributed by atoms with Crippen LogP contribution < -0.4 is 10.5 Å². The number of amides is 1. The Bertz CT molecular complexity index is 536. The molecule has 0 radical (unpaired) electrons. The van der Waals surface area contributed by atoms with Gasteiger partial charge in [0.15, 0.2) is 0 Å². The van der Waals surface area contributed by atoms with Gasteiger partial charge in [-0.2, -0.15) is 0 Å². The van der Waals surface area contributed by atoms with Crippen LogP contribution >= 0.6 is 11.3 Å². The molecular formula is C10H14N2O3S2. The molecule has 0 saturated heterocycles. The number of primary sulfonamides is 1. The van der Waals surface area contributed by atoms with Crippen molar-refractivity contribution in [2.45, 2.75) is 30.0 Å². The van der Waals surface area contributed by atoms with Gasteiger partial charge in [-0.15, -0.1) is 11.3 Å². The lowest BCUT2D eigenvalue weighted by molar-refractivity contribution is -0.120. The normalized spacial score (nSPS) is 23.4. The summed E-state index contributed by atoms with van der Waals surface area (Å²) in [5, 5.41) is 7.88. The van der Waals surface area contributed by atoms with Crippen LogP contribution in [0.15, 0.2) is 16.3 Å². The molecule has 1 aromatic heterocycles. The lowest BCUT2D eigenvalue weighted by atomic mass is 10.3. The Morgan fingerprint density at radius 1 is 1.59 bits per heavy atom. The van der Waals surface area contributed by atoms with Gasteiger partial charge in [0.2, 0.25) is 15.9 Å². The van der Waals surface area contributed by atoms with Crippen LogP contribution in [0.2, 0.25) is 0 Å². The number of hydrogen-bond acceptors (Lipinski definition) is 4. The maximum Gasteiger partial charge on any atom is 0.247 e. The third-order valence-corrected chi connectivity index (χ3v) is 5.23. The first-order valence-electron chi connectivity index (χ1n) is 5.27. The van der Waals surface area contributed by atoms with Crippen LogP contribution in [0.5, 0.6) is 0 Å². The molecule has 2 rings (SSSR count). The van der Waals surface area contributed by atoms with Gasteiger partial charge < -0.3 is 5.32 Å². The summed E-state index contributed by atoms with van der Waals surface area (Å²) in [7, 11) is -3.65. The molecule has 3 N–H and O–H groups in total. The van der Waals surface area contributed by atoms with Gasteiger partial charge in [-0.05, 0) is 24.5 Å². The van der Waals surface area contributed by atoms with E-state index in [2.05, 4.69) is 12.2 Å². The summed E-state index contributed by atoms with van der Waals surface area (Å²) in [5.74, 6) is 0.490. The van der Waals surface area contributed by atoms with Crippen molar-refractivity contribution >= 4 is 27.3 Å². The van der Waals surface area contributed by atoms with Gasteiger partial charge in [0.1, 0.15) is 4.21 Å². The molecule has 17 heavy (non-hydrogen) atoms. The highest BCUT2D eigenvalue weighted by Crippen LogP contribution is 2.29. The first-order chi connectivity index (χ1) is 7.86. The highest BCUT2D eigenvalue weighted by atomic mass is 32.2. The van der Waals surface area contributed by atoms with Gasteiger partial charge in [0, 0.05) is 10.9 Å². The van der Waals surface area contributed by atoms with Gasteiger partial charge in [-0.25, -0.2) is 13.6 Å². The lowest BCUT2D eigenvalue weighted by Gasteiger charge is -2.01. The van der Waals surface area contributed by atoms with Crippen LogP contribution in [0, 0.1) is 5.92 Å². The minimum atomic E-state index is -3.65. The number of hydrogen-bond donors (Lipinski definition) is 2. The third-order valence-electron chi connectivity index (χ3n) is 2.71. The zero-order valence-electron chi connectivity index (χ0n) is 9.34. The first-order valence-corrected chi connectivity index (χ1v) is 7.63. The Hall–Kier alpha value is -0.920. The van der Waals surface area contributed by atoms with E-state index in [1.807, 2.05) is 0 Å². The molecule has 0 aliphatic heterocycles. The largest absolute Gasteiger partial charge is 0.353 e. The fourth-order valence-corrected chi connectivity index (χ4v) is 3.32. The third kappa shape index (κ3) is 3.27. The van der Waals surface area contributed by atoms with Gasteiger partial charge in [0.05, 0.1) is 6.42 Å². The topological polar surface area (TPSA) is 89.3 Å². The van der Waals surface area contributed by atoms with Crippen molar-refractivity contribution in [2.75, 3.05) is 0 Å². The minimum absolute atomic E-state index is 0.0674. The van der Waals surface area contributed by atoms with E-state index >= 15 is 0 Å². The van der Waals surface area contributed by atoms with Crippen molar-refractivity contribution in [3.63, 3.8) is 0 Å². The molecule has 5 nitrogen and oxygen atoms in total. The average Bonchev–Trinajstić information content (AvgIpc) is 2.71. The second-order valence-corrected chi connectivity index (χ2v) is 7.29. The summed E-state index contributed by atoms with van der Waals surface area (Å²) in [6.07, 6.45) is 1.24. The molecule has 0 spiro atoms. The molecule has 2 atom stereocenters. The van der Waals surface area contributed by atoms with Crippen molar-refractivity contribution in [3.05, 3.63) is 17.0 Å². The molecule has 0 aromatic carbocycles. The van der Waals surface area contributed by atoms with Crippen molar-refractivity contribution in [1.29, 1.82) is 0 Å². The fraction of sp³-hybridized carbons (Fsp3) is 0.500. The number of thiophene rings is 1. The Labute approximate surface area is 104 Å². The maximum absolute atomic E-state index is 11.6. The summed E-state index contributed by atoms with van der Waals surface area (Å²) >= 11 is 1.04. The number of nitrogens with two attached hydrogens (primary N) is 1. The van der Waals surface area contributed by atoms with E-state index in [0.717, 1.165) is 17.8 Å². The molecular weight excluding hydrogens is 260 g/mol. The molecule has 7 heteroatoms. The van der Waals surface area contributed by atoms with Crippen LogP contribution in [0.1, 0.15) is 18.2 Å². The van der Waals surface area contributed by atoms with E-state index < -0.39 is 10.0 Å². The molecule has 1 aliphatic rings. The van der Waals surface area contributed by atoms with Crippen molar-refractivity contribution < 1.29 is 13.2 Å². The summed E-state index contributed by atoms with van der Waals surface area (Å²) in [6.45, 7) is 2.08. The molecule has 2 unspecified atom stereocenters. The van der Waals surface area contributed by atoms with Crippen molar-refractivity contribution in [3.8, 4) is 0 Å². The van der Waals surface area contributed by atoms with E-state index in [4.69, 9.17) is 5.14 Å². The second kappa shape index (κ2) is 4.40. The van der Waals surface area contributed by atoms with E-state index in [9.17, 15) is 13.2 Å². The van der Waals surface area contributed by atoms with E-state index in [0.29, 0.717) is 16.8 Å². The molecule has 1 fully saturated rings. The summed E-state index contributed by atoms with van der Waals surface area (Å²) in [6, 6.07) is 3.35. The molecule has 0 bridgehead atoms. The predicted octanol–water partition coefficient (Wildman–Crippen LogP) is 0.463. The number of sulfonamides is 1. The number of rotatable bonds is 4. The number of carbonyl (C=O) groups is 1. The van der Waals surface area contributed by atoms with Gasteiger partial charge in [-0.1, -0.05) is 6.92 Å². The van der Waals surface area contributed by atoms with Crippen molar-refractivity contribution in [1.82, 2.24) is 5.32 Å². The summed E-state index contributed by atoms with van der Waals surface area (Å²) in [4.78, 5) is 12.3. The monoisotopic (exact) mass is 274 g/mol. The quantitative estimate of drug-likeness (QED) is 0.836. The number of nitrogens with one attached hydrogen (secondary N) is 1. The Kier molecular flexibility index (Phi) is 3.24. The molecule has 1 amide bonds. The van der Waals surface area contributed by atoms with E-state index in [-0.39, 0.29) is 16.5 Å². The summed E-state index contributed by atoms with van der Waals surface area (Å²) < 4.78 is 22.2. The fourth-order valence-electron chi connectivity index (χ4n) is 1.55. The highest BCUT2D eigenvalue weighted by molar-refractivity contribution is 7.91. The SMILES string of the molecule is CC1CC1NC(=O)Cc1ccc(S(N)(=O)=O)s1. The van der Waals surface area contributed by atoms with Gasteiger partial charge in [-0.3, -0.25) is 4.79 Å². The van der Waals surface area contributed by atoms with Crippen LogP contribution in [-0.2, 0) is 21.2 Å².